The summed E-state index contributed by atoms with van der Waals surface area (Å²) in [6.07, 6.45) is 0. The number of ether oxygens (including phenoxy) is 2. The van der Waals surface area contributed by atoms with Crippen LogP contribution < -0.4 is 4.74 Å². The molecule has 2 aromatic rings. The lowest BCUT2D eigenvalue weighted by Crippen LogP contribution is -2.21. The fraction of sp³-hybridized carbons (Fsp3) is 0.438. The Morgan fingerprint density at radius 1 is 1.27 bits per heavy atom. The molecule has 0 saturated carbocycles. The predicted octanol–water partition coefficient (Wildman–Crippen LogP) is 2.73. The van der Waals surface area contributed by atoms with E-state index in [1.807, 2.05) is 37.7 Å². The molecule has 6 heteroatoms. The molecule has 0 amide bonds. The van der Waals surface area contributed by atoms with E-state index >= 15 is 0 Å². The molecule has 0 aliphatic carbocycles. The van der Waals surface area contributed by atoms with E-state index in [-0.39, 0.29) is 18.4 Å². The minimum absolute atomic E-state index is 0. The number of aromatic nitrogens is 1. The molecule has 2 rings (SSSR count). The summed E-state index contributed by atoms with van der Waals surface area (Å²) in [4.78, 5) is 14.3. The Morgan fingerprint density at radius 2 is 1.95 bits per heavy atom. The smallest absolute Gasteiger partial charge is 0.358 e. The molecule has 0 bridgehead atoms. The average Bonchev–Trinajstić information content (AvgIpc) is 2.76. The molecule has 0 unspecified atom stereocenters. The first-order valence-electron chi connectivity index (χ1n) is 6.89. The largest absolute Gasteiger partial charge is 0.494 e. The summed E-state index contributed by atoms with van der Waals surface area (Å²) in [5.41, 5.74) is 2.61. The molecule has 1 aromatic carbocycles. The monoisotopic (exact) mass is 326 g/mol. The molecule has 22 heavy (non-hydrogen) atoms. The van der Waals surface area contributed by atoms with Gasteiger partial charge in [0.15, 0.2) is 11.4 Å². The second-order valence-corrected chi connectivity index (χ2v) is 5.35. The molecule has 5 nitrogen and oxygen atoms in total. The number of carbonyl (C=O) groups is 1. The normalized spacial score (nSPS) is 10.6. The molecule has 0 N–H and O–H groups in total. The summed E-state index contributed by atoms with van der Waals surface area (Å²) in [7, 11) is 6.98. The lowest BCUT2D eigenvalue weighted by molar-refractivity contribution is 0.0584. The van der Waals surface area contributed by atoms with Crippen molar-refractivity contribution in [2.24, 2.45) is 0 Å². The Morgan fingerprint density at radius 3 is 2.50 bits per heavy atom. The number of carbonyl (C=O) groups excluding carboxylic acids is 1. The zero-order valence-corrected chi connectivity index (χ0v) is 14.5. The molecule has 0 fully saturated rings. The Kier molecular flexibility index (Phi) is 6.26. The zero-order valence-electron chi connectivity index (χ0n) is 13.7. The van der Waals surface area contributed by atoms with Crippen molar-refractivity contribution in [3.63, 3.8) is 0 Å². The third-order valence-corrected chi connectivity index (χ3v) is 3.53. The van der Waals surface area contributed by atoms with Crippen LogP contribution in [0, 0.1) is 6.92 Å². The number of rotatable bonds is 5. The first kappa shape index (κ1) is 18.3. The molecule has 122 valence electrons. The van der Waals surface area contributed by atoms with Crippen LogP contribution >= 0.6 is 12.4 Å². The number of hydrogen-bond donors (Lipinski definition) is 0. The van der Waals surface area contributed by atoms with Gasteiger partial charge in [-0.1, -0.05) is 6.07 Å². The van der Waals surface area contributed by atoms with Gasteiger partial charge in [-0.05, 0) is 38.7 Å². The van der Waals surface area contributed by atoms with E-state index in [4.69, 9.17) is 9.47 Å². The first-order chi connectivity index (χ1) is 9.99. The average molecular weight is 327 g/mol. The van der Waals surface area contributed by atoms with E-state index in [1.54, 1.807) is 7.11 Å². The summed E-state index contributed by atoms with van der Waals surface area (Å²) in [5.74, 6) is 0.204. The minimum atomic E-state index is -0.376. The fourth-order valence-electron chi connectivity index (χ4n) is 2.47. The summed E-state index contributed by atoms with van der Waals surface area (Å²) < 4.78 is 12.4. The van der Waals surface area contributed by atoms with Gasteiger partial charge >= 0.3 is 5.97 Å². The van der Waals surface area contributed by atoms with Crippen LogP contribution in [0.3, 0.4) is 0 Å². The molecule has 0 atom stereocenters. The van der Waals surface area contributed by atoms with Gasteiger partial charge in [-0.3, -0.25) is 0 Å². The summed E-state index contributed by atoms with van der Waals surface area (Å²) in [6, 6.07) is 6.07. The van der Waals surface area contributed by atoms with Gasteiger partial charge < -0.3 is 18.9 Å². The van der Waals surface area contributed by atoms with Crippen molar-refractivity contribution in [1.82, 2.24) is 9.47 Å². The number of likely N-dealkylation sites (N-methyl/N-ethyl adjacent to an activating group) is 1. The van der Waals surface area contributed by atoms with Crippen LogP contribution in [0.4, 0.5) is 0 Å². The first-order valence-corrected chi connectivity index (χ1v) is 6.89. The van der Waals surface area contributed by atoms with Gasteiger partial charge in [-0.25, -0.2) is 4.79 Å². The van der Waals surface area contributed by atoms with Gasteiger partial charge in [0.2, 0.25) is 0 Å². The van der Waals surface area contributed by atoms with E-state index < -0.39 is 0 Å². The minimum Gasteiger partial charge on any atom is -0.494 e. The van der Waals surface area contributed by atoms with Crippen LogP contribution in [0.15, 0.2) is 18.2 Å². The molecular weight excluding hydrogens is 304 g/mol. The van der Waals surface area contributed by atoms with Gasteiger partial charge in [0.1, 0.15) is 0 Å². The Labute approximate surface area is 137 Å². The van der Waals surface area contributed by atoms with Gasteiger partial charge in [-0.15, -0.1) is 12.4 Å². The molecule has 0 aliphatic rings. The van der Waals surface area contributed by atoms with Gasteiger partial charge in [0.25, 0.3) is 0 Å². The van der Waals surface area contributed by atoms with E-state index in [1.165, 1.54) is 7.11 Å². The molecule has 0 saturated heterocycles. The van der Waals surface area contributed by atoms with Gasteiger partial charge in [-0.2, -0.15) is 0 Å². The van der Waals surface area contributed by atoms with E-state index in [0.29, 0.717) is 18.0 Å². The number of fused-ring (bicyclic) bond motifs is 1. The number of methoxy groups -OCH3 is 2. The molecule has 1 aromatic heterocycles. The quantitative estimate of drug-likeness (QED) is 0.792. The fourth-order valence-corrected chi connectivity index (χ4v) is 2.47. The summed E-state index contributed by atoms with van der Waals surface area (Å²) in [6.45, 7) is 3.55. The SMILES string of the molecule is COC(=O)c1c(OC)c2ccc(C)cc2n1CCN(C)C.Cl. The Hall–Kier alpha value is -1.72. The number of aryl methyl sites for hydroxylation is 1. The van der Waals surface area contributed by atoms with Crippen molar-refractivity contribution in [3.8, 4) is 5.75 Å². The Bertz CT molecular complexity index is 665. The lowest BCUT2D eigenvalue weighted by Gasteiger charge is -2.14. The van der Waals surface area contributed by atoms with Crippen molar-refractivity contribution < 1.29 is 14.3 Å². The van der Waals surface area contributed by atoms with E-state index in [0.717, 1.165) is 23.0 Å². The van der Waals surface area contributed by atoms with Crippen LogP contribution in [0.5, 0.6) is 5.75 Å². The second-order valence-electron chi connectivity index (χ2n) is 5.35. The van der Waals surface area contributed by atoms with Crippen LogP contribution in [0.1, 0.15) is 16.1 Å². The third kappa shape index (κ3) is 3.36. The van der Waals surface area contributed by atoms with Crippen molar-refractivity contribution >= 4 is 29.3 Å². The number of esters is 1. The Balaban J connectivity index is 0.00000242. The van der Waals surface area contributed by atoms with Crippen molar-refractivity contribution in [2.45, 2.75) is 13.5 Å². The third-order valence-electron chi connectivity index (χ3n) is 3.53. The number of benzene rings is 1. The second kappa shape index (κ2) is 7.51. The molecule has 0 aliphatic heterocycles. The number of halogens is 1. The van der Waals surface area contributed by atoms with Crippen LogP contribution in [-0.2, 0) is 11.3 Å². The summed E-state index contributed by atoms with van der Waals surface area (Å²) >= 11 is 0. The highest BCUT2D eigenvalue weighted by Gasteiger charge is 2.24. The van der Waals surface area contributed by atoms with Crippen LogP contribution in [-0.4, -0.2) is 50.3 Å². The number of nitrogens with zero attached hydrogens (tertiary/aromatic N) is 2. The summed E-state index contributed by atoms with van der Waals surface area (Å²) in [5, 5.41) is 0.933. The highest BCUT2D eigenvalue weighted by molar-refractivity contribution is 6.02. The highest BCUT2D eigenvalue weighted by Crippen LogP contribution is 2.34. The van der Waals surface area contributed by atoms with E-state index in [2.05, 4.69) is 11.0 Å². The molecule has 1 heterocycles. The van der Waals surface area contributed by atoms with E-state index in [9.17, 15) is 4.79 Å². The van der Waals surface area contributed by atoms with Crippen LogP contribution in [0.2, 0.25) is 0 Å². The van der Waals surface area contributed by atoms with Gasteiger partial charge in [0.05, 0.1) is 19.7 Å². The van der Waals surface area contributed by atoms with Crippen molar-refractivity contribution in [1.29, 1.82) is 0 Å². The topological polar surface area (TPSA) is 43.7 Å². The zero-order chi connectivity index (χ0) is 15.6. The molecular formula is C16H23ClN2O3. The van der Waals surface area contributed by atoms with Crippen LogP contribution in [0.25, 0.3) is 10.9 Å². The lowest BCUT2D eigenvalue weighted by atomic mass is 10.2. The maximum absolute atomic E-state index is 12.2. The van der Waals surface area contributed by atoms with Crippen molar-refractivity contribution in [3.05, 3.63) is 29.5 Å². The standard InChI is InChI=1S/C16H22N2O3.ClH/c1-11-6-7-12-13(10-11)18(9-8-17(2)3)14(15(12)20-4)16(19)21-5;/h6-7,10H,8-9H2,1-5H3;1H. The highest BCUT2D eigenvalue weighted by atomic mass is 35.5. The number of hydrogen-bond acceptors (Lipinski definition) is 4. The van der Waals surface area contributed by atoms with Gasteiger partial charge in [0, 0.05) is 18.5 Å². The molecule has 0 radical (unpaired) electrons. The predicted molar refractivity (Wildman–Crippen MR) is 90.4 cm³/mol. The molecule has 0 spiro atoms. The maximum Gasteiger partial charge on any atom is 0.358 e. The maximum atomic E-state index is 12.2. The van der Waals surface area contributed by atoms with Crippen molar-refractivity contribution in [2.75, 3.05) is 34.9 Å².